The van der Waals surface area contributed by atoms with E-state index in [4.69, 9.17) is 0 Å². The number of urea groups is 1. The van der Waals surface area contributed by atoms with E-state index in [-0.39, 0.29) is 18.6 Å². The second-order valence-electron chi connectivity index (χ2n) is 5.00. The van der Waals surface area contributed by atoms with E-state index < -0.39 is 5.60 Å². The minimum Gasteiger partial charge on any atom is -0.388 e. The zero-order valence-corrected chi connectivity index (χ0v) is 13.5. The smallest absolute Gasteiger partial charge is 0.315 e. The Hall–Kier alpha value is -1.14. The van der Waals surface area contributed by atoms with Crippen molar-refractivity contribution >= 4 is 17.4 Å². The molecule has 1 aromatic heterocycles. The predicted molar refractivity (Wildman–Crippen MR) is 82.0 cm³/mol. The molecule has 0 aliphatic rings. The van der Waals surface area contributed by atoms with Gasteiger partial charge in [0.1, 0.15) is 5.01 Å². The quantitative estimate of drug-likeness (QED) is 0.724. The number of aromatic nitrogens is 1. The third kappa shape index (κ3) is 4.76. The first-order chi connectivity index (χ1) is 9.44. The van der Waals surface area contributed by atoms with Gasteiger partial charge in [-0.1, -0.05) is 20.8 Å². The van der Waals surface area contributed by atoms with Crippen LogP contribution in [0.3, 0.4) is 0 Å². The molecule has 0 bridgehead atoms. The molecule has 0 saturated carbocycles. The second kappa shape index (κ2) is 7.59. The van der Waals surface area contributed by atoms with Crippen molar-refractivity contribution in [3.63, 3.8) is 0 Å². The van der Waals surface area contributed by atoms with Crippen LogP contribution < -0.4 is 10.6 Å². The number of nitrogens with zero attached hydrogens (tertiary/aromatic N) is 1. The first-order valence-corrected chi connectivity index (χ1v) is 7.97. The van der Waals surface area contributed by atoms with E-state index in [1.54, 1.807) is 11.3 Å². The summed E-state index contributed by atoms with van der Waals surface area (Å²) in [6, 6.07) is -0.400. The number of thiazole rings is 1. The van der Waals surface area contributed by atoms with E-state index in [0.29, 0.717) is 12.8 Å². The highest BCUT2D eigenvalue weighted by molar-refractivity contribution is 7.11. The molecule has 1 aromatic rings. The van der Waals surface area contributed by atoms with Gasteiger partial charge in [-0.05, 0) is 26.2 Å². The summed E-state index contributed by atoms with van der Waals surface area (Å²) >= 11 is 1.61. The van der Waals surface area contributed by atoms with Gasteiger partial charge in [-0.2, -0.15) is 0 Å². The molecule has 0 aliphatic heterocycles. The van der Waals surface area contributed by atoms with E-state index in [1.165, 1.54) is 4.88 Å². The average molecular weight is 299 g/mol. The number of rotatable bonds is 7. The van der Waals surface area contributed by atoms with Gasteiger partial charge in [0.15, 0.2) is 0 Å². The zero-order valence-electron chi connectivity index (χ0n) is 12.7. The van der Waals surface area contributed by atoms with Crippen LogP contribution in [-0.4, -0.2) is 28.3 Å². The molecule has 0 fully saturated rings. The normalized spacial score (nSPS) is 13.1. The molecule has 2 amide bonds. The van der Waals surface area contributed by atoms with Gasteiger partial charge in [0.05, 0.1) is 11.6 Å². The van der Waals surface area contributed by atoms with Crippen LogP contribution in [0.5, 0.6) is 0 Å². The Morgan fingerprint density at radius 2 is 2.10 bits per heavy atom. The summed E-state index contributed by atoms with van der Waals surface area (Å²) in [5.41, 5.74) is -0.822. The van der Waals surface area contributed by atoms with Crippen LogP contribution >= 0.6 is 11.3 Å². The highest BCUT2D eigenvalue weighted by atomic mass is 32.1. The molecular formula is C14H25N3O2S. The fraction of sp³-hybridized carbons (Fsp3) is 0.714. The fourth-order valence-electron chi connectivity index (χ4n) is 1.74. The van der Waals surface area contributed by atoms with Gasteiger partial charge < -0.3 is 15.7 Å². The van der Waals surface area contributed by atoms with Gasteiger partial charge in [0, 0.05) is 17.6 Å². The molecule has 0 spiro atoms. The molecule has 0 aliphatic carbocycles. The number of carbonyl (C=O) groups is 1. The highest BCUT2D eigenvalue weighted by Gasteiger charge is 2.23. The third-order valence-corrected chi connectivity index (χ3v) is 4.86. The van der Waals surface area contributed by atoms with E-state index in [0.717, 1.165) is 11.4 Å². The summed E-state index contributed by atoms with van der Waals surface area (Å²) in [6.07, 6.45) is 4.04. The molecule has 0 saturated heterocycles. The number of hydrogen-bond donors (Lipinski definition) is 3. The van der Waals surface area contributed by atoms with Crippen molar-refractivity contribution in [1.82, 2.24) is 15.6 Å². The topological polar surface area (TPSA) is 74.2 Å². The van der Waals surface area contributed by atoms with Crippen LogP contribution in [0.2, 0.25) is 0 Å². The Kier molecular flexibility index (Phi) is 6.42. The third-order valence-electron chi connectivity index (χ3n) is 3.53. The van der Waals surface area contributed by atoms with Crippen LogP contribution in [-0.2, 0) is 6.42 Å². The Morgan fingerprint density at radius 1 is 1.45 bits per heavy atom. The lowest BCUT2D eigenvalue weighted by atomic mass is 9.98. The van der Waals surface area contributed by atoms with Crippen molar-refractivity contribution in [1.29, 1.82) is 0 Å². The van der Waals surface area contributed by atoms with E-state index in [2.05, 4.69) is 22.5 Å². The molecule has 6 heteroatoms. The maximum absolute atomic E-state index is 11.8. The standard InChI is InChI=1S/C14H25N3O2S/c1-5-11-8-15-12(20-11)10(4)17-13(18)16-9-14(19,6-2)7-3/h8,10,19H,5-7,9H2,1-4H3,(H2,16,17,18). The molecule has 1 heterocycles. The van der Waals surface area contributed by atoms with E-state index in [9.17, 15) is 9.90 Å². The molecule has 0 radical (unpaired) electrons. The van der Waals surface area contributed by atoms with Crippen LogP contribution in [0.15, 0.2) is 6.20 Å². The van der Waals surface area contributed by atoms with Crippen LogP contribution in [0.4, 0.5) is 4.79 Å². The van der Waals surface area contributed by atoms with Gasteiger partial charge >= 0.3 is 6.03 Å². The monoisotopic (exact) mass is 299 g/mol. The summed E-state index contributed by atoms with van der Waals surface area (Å²) in [4.78, 5) is 17.3. The zero-order chi connectivity index (χ0) is 15.2. The number of hydrogen-bond acceptors (Lipinski definition) is 4. The first kappa shape index (κ1) is 16.9. The minimum atomic E-state index is -0.822. The van der Waals surface area contributed by atoms with Gasteiger partial charge in [-0.15, -0.1) is 11.3 Å². The van der Waals surface area contributed by atoms with Crippen LogP contribution in [0.25, 0.3) is 0 Å². The summed E-state index contributed by atoms with van der Waals surface area (Å²) in [5, 5.41) is 16.6. The largest absolute Gasteiger partial charge is 0.388 e. The number of amides is 2. The Bertz CT molecular complexity index is 430. The summed E-state index contributed by atoms with van der Waals surface area (Å²) in [6.45, 7) is 8.07. The maximum atomic E-state index is 11.8. The lowest BCUT2D eigenvalue weighted by Gasteiger charge is -2.25. The van der Waals surface area contributed by atoms with Crippen molar-refractivity contribution < 1.29 is 9.90 Å². The second-order valence-corrected chi connectivity index (χ2v) is 6.15. The molecule has 0 aromatic carbocycles. The molecule has 20 heavy (non-hydrogen) atoms. The molecular weight excluding hydrogens is 274 g/mol. The molecule has 1 atom stereocenters. The van der Waals surface area contributed by atoms with Gasteiger partial charge in [-0.25, -0.2) is 9.78 Å². The van der Waals surface area contributed by atoms with Crippen LogP contribution in [0, 0.1) is 0 Å². The van der Waals surface area contributed by atoms with Gasteiger partial charge in [0.25, 0.3) is 0 Å². The number of aliphatic hydroxyl groups is 1. The summed E-state index contributed by atoms with van der Waals surface area (Å²) in [5.74, 6) is 0. The molecule has 114 valence electrons. The Balaban J connectivity index is 2.45. The molecule has 1 unspecified atom stereocenters. The lowest BCUT2D eigenvalue weighted by molar-refractivity contribution is 0.0349. The first-order valence-electron chi connectivity index (χ1n) is 7.15. The van der Waals surface area contributed by atoms with Crippen molar-refractivity contribution in [2.75, 3.05) is 6.54 Å². The number of nitrogens with one attached hydrogen (secondary N) is 2. The number of carbonyl (C=O) groups excluding carboxylic acids is 1. The minimum absolute atomic E-state index is 0.128. The summed E-state index contributed by atoms with van der Waals surface area (Å²) < 4.78 is 0. The number of aryl methyl sites for hydroxylation is 1. The van der Waals surface area contributed by atoms with Crippen molar-refractivity contribution in [3.05, 3.63) is 16.1 Å². The molecule has 3 N–H and O–H groups in total. The van der Waals surface area contributed by atoms with E-state index in [1.807, 2.05) is 27.0 Å². The van der Waals surface area contributed by atoms with E-state index >= 15 is 0 Å². The van der Waals surface area contributed by atoms with Crippen molar-refractivity contribution in [2.24, 2.45) is 0 Å². The molecule has 5 nitrogen and oxygen atoms in total. The Labute approximate surface area is 124 Å². The van der Waals surface area contributed by atoms with Gasteiger partial charge in [-0.3, -0.25) is 0 Å². The SMILES string of the molecule is CCc1cnc(C(C)NC(=O)NCC(O)(CC)CC)s1. The van der Waals surface area contributed by atoms with Gasteiger partial charge in [0.2, 0.25) is 0 Å². The Morgan fingerprint density at radius 3 is 2.60 bits per heavy atom. The maximum Gasteiger partial charge on any atom is 0.315 e. The lowest BCUT2D eigenvalue weighted by Crippen LogP contribution is -2.46. The molecule has 1 rings (SSSR count). The highest BCUT2D eigenvalue weighted by Crippen LogP contribution is 2.20. The summed E-state index contributed by atoms with van der Waals surface area (Å²) in [7, 11) is 0. The van der Waals surface area contributed by atoms with Crippen molar-refractivity contribution in [2.45, 2.75) is 58.6 Å². The van der Waals surface area contributed by atoms with Crippen LogP contribution in [0.1, 0.15) is 56.5 Å². The predicted octanol–water partition coefficient (Wildman–Crippen LogP) is 2.62. The van der Waals surface area contributed by atoms with Crippen molar-refractivity contribution in [3.8, 4) is 0 Å². The average Bonchev–Trinajstić information content (AvgIpc) is 2.94. The fourth-order valence-corrected chi connectivity index (χ4v) is 2.60.